The summed E-state index contributed by atoms with van der Waals surface area (Å²) < 4.78 is 5.64. The third-order valence-corrected chi connectivity index (χ3v) is 8.14. The molecule has 0 bridgehead atoms. The minimum absolute atomic E-state index is 0. The number of nitrogens with two attached hydrogens (primary N) is 1. The Kier molecular flexibility index (Phi) is 9.79. The zero-order valence-corrected chi connectivity index (χ0v) is 22.8. The maximum Gasteiger partial charge on any atom is 0.232 e. The smallest absolute Gasteiger partial charge is 0.232 e. The minimum Gasteiger partial charge on any atom is -0.493 e. The Bertz CT molecular complexity index is 1320. The topological polar surface area (TPSA) is 55.6 Å². The summed E-state index contributed by atoms with van der Waals surface area (Å²) in [5.41, 5.74) is 11.4. The van der Waals surface area contributed by atoms with Gasteiger partial charge >= 0.3 is 0 Å². The number of likely N-dealkylation sites (tertiary alicyclic amines) is 1. The molecule has 0 unspecified atom stereocenters. The SMILES string of the molecule is C.Cc1ccccc1.NC(=O)C(c1ccccc1)(c1ccccc1)[C@@H]1CCN(CCc2ccc3c(c2)CCO3)C1. The van der Waals surface area contributed by atoms with E-state index in [-0.39, 0.29) is 19.3 Å². The molecule has 1 amide bonds. The van der Waals surface area contributed by atoms with Crippen LogP contribution in [0.25, 0.3) is 0 Å². The summed E-state index contributed by atoms with van der Waals surface area (Å²) in [6.45, 7) is 5.70. The predicted octanol–water partition coefficient (Wildman–Crippen LogP) is 6.59. The number of hydrogen-bond donors (Lipinski definition) is 1. The van der Waals surface area contributed by atoms with Crippen LogP contribution in [0.15, 0.2) is 109 Å². The highest BCUT2D eigenvalue weighted by Gasteiger charge is 2.49. The van der Waals surface area contributed by atoms with E-state index in [1.165, 1.54) is 16.7 Å². The van der Waals surface area contributed by atoms with Crippen molar-refractivity contribution >= 4 is 5.91 Å². The summed E-state index contributed by atoms with van der Waals surface area (Å²) in [5, 5.41) is 0. The molecule has 0 aliphatic carbocycles. The number of rotatable bonds is 7. The molecular formula is C36H42N2O2. The lowest BCUT2D eigenvalue weighted by molar-refractivity contribution is -0.123. The summed E-state index contributed by atoms with van der Waals surface area (Å²) in [4.78, 5) is 15.7. The Balaban J connectivity index is 0.000000405. The first-order valence-corrected chi connectivity index (χ1v) is 14.0. The summed E-state index contributed by atoms with van der Waals surface area (Å²) >= 11 is 0. The molecule has 1 fully saturated rings. The quantitative estimate of drug-likeness (QED) is 0.291. The van der Waals surface area contributed by atoms with Gasteiger partial charge in [-0.3, -0.25) is 4.79 Å². The lowest BCUT2D eigenvalue weighted by Gasteiger charge is -2.37. The Labute approximate surface area is 239 Å². The van der Waals surface area contributed by atoms with Crippen LogP contribution in [0.5, 0.6) is 5.75 Å². The fraction of sp³-hybridized carbons (Fsp3) is 0.306. The number of benzene rings is 4. The monoisotopic (exact) mass is 534 g/mol. The van der Waals surface area contributed by atoms with Crippen LogP contribution in [0.2, 0.25) is 0 Å². The molecule has 208 valence electrons. The molecule has 2 aliphatic heterocycles. The highest BCUT2D eigenvalue weighted by atomic mass is 16.5. The average molecular weight is 535 g/mol. The van der Waals surface area contributed by atoms with Crippen molar-refractivity contribution in [2.24, 2.45) is 11.7 Å². The van der Waals surface area contributed by atoms with E-state index in [1.807, 2.05) is 78.9 Å². The lowest BCUT2D eigenvalue weighted by atomic mass is 9.64. The van der Waals surface area contributed by atoms with Gasteiger partial charge in [0.2, 0.25) is 5.91 Å². The van der Waals surface area contributed by atoms with Crippen molar-refractivity contribution in [3.8, 4) is 5.75 Å². The van der Waals surface area contributed by atoms with Crippen molar-refractivity contribution in [3.05, 3.63) is 137 Å². The minimum atomic E-state index is -0.817. The fourth-order valence-corrected chi connectivity index (χ4v) is 6.13. The molecule has 2 heterocycles. The second-order valence-corrected chi connectivity index (χ2v) is 10.6. The van der Waals surface area contributed by atoms with Crippen LogP contribution in [0.3, 0.4) is 0 Å². The van der Waals surface area contributed by atoms with E-state index in [9.17, 15) is 4.79 Å². The van der Waals surface area contributed by atoms with E-state index in [0.29, 0.717) is 0 Å². The molecule has 4 heteroatoms. The molecular weight excluding hydrogens is 492 g/mol. The van der Waals surface area contributed by atoms with E-state index in [4.69, 9.17) is 10.5 Å². The van der Waals surface area contributed by atoms with Crippen LogP contribution < -0.4 is 10.5 Å². The van der Waals surface area contributed by atoms with Gasteiger partial charge in [0.15, 0.2) is 0 Å². The molecule has 1 saturated heterocycles. The van der Waals surface area contributed by atoms with Crippen LogP contribution >= 0.6 is 0 Å². The van der Waals surface area contributed by atoms with Gasteiger partial charge in [-0.05, 0) is 60.5 Å². The van der Waals surface area contributed by atoms with E-state index in [2.05, 4.69) is 42.2 Å². The Morgan fingerprint density at radius 1 is 0.900 bits per heavy atom. The molecule has 0 radical (unpaired) electrons. The lowest BCUT2D eigenvalue weighted by Crippen LogP contribution is -2.49. The summed E-state index contributed by atoms with van der Waals surface area (Å²) in [5.74, 6) is 0.908. The van der Waals surface area contributed by atoms with Gasteiger partial charge in [0.25, 0.3) is 0 Å². The standard InChI is InChI=1S/C28H30N2O2.C7H8.CH4/c29-27(31)28(23-7-3-1-4-8-23,24-9-5-2-6-10-24)25-14-17-30(20-25)16-13-21-11-12-26-22(19-21)15-18-32-26;1-7-5-3-2-4-6-7;/h1-12,19,25H,13-18,20H2,(H2,29,31);2-6H,1H3;1H4/t25-;;/m1../s1. The molecule has 4 aromatic carbocycles. The molecule has 0 spiro atoms. The Morgan fingerprint density at radius 2 is 1.50 bits per heavy atom. The molecule has 0 aromatic heterocycles. The number of hydrogen-bond acceptors (Lipinski definition) is 3. The Morgan fingerprint density at radius 3 is 2.05 bits per heavy atom. The number of carbonyl (C=O) groups excluding carboxylic acids is 1. The molecule has 1 atom stereocenters. The van der Waals surface area contributed by atoms with Crippen molar-refractivity contribution in [1.82, 2.24) is 4.90 Å². The number of aryl methyl sites for hydroxylation is 1. The molecule has 4 aromatic rings. The number of primary amides is 1. The summed E-state index contributed by atoms with van der Waals surface area (Å²) in [6, 6.07) is 37.0. The third-order valence-electron chi connectivity index (χ3n) is 8.14. The van der Waals surface area contributed by atoms with E-state index < -0.39 is 5.41 Å². The van der Waals surface area contributed by atoms with E-state index in [0.717, 1.165) is 62.4 Å². The number of ether oxygens (including phenoxy) is 1. The molecule has 2 N–H and O–H groups in total. The van der Waals surface area contributed by atoms with Gasteiger partial charge in [0.1, 0.15) is 11.2 Å². The number of fused-ring (bicyclic) bond motifs is 1. The van der Waals surface area contributed by atoms with Crippen molar-refractivity contribution in [1.29, 1.82) is 0 Å². The zero-order chi connectivity index (χ0) is 27.1. The fourth-order valence-electron chi connectivity index (χ4n) is 6.13. The third kappa shape index (κ3) is 6.29. The van der Waals surface area contributed by atoms with Crippen molar-refractivity contribution in [2.75, 3.05) is 26.2 Å². The maximum absolute atomic E-state index is 13.2. The van der Waals surface area contributed by atoms with Crippen molar-refractivity contribution in [3.63, 3.8) is 0 Å². The molecule has 2 aliphatic rings. The summed E-state index contributed by atoms with van der Waals surface area (Å²) in [6.07, 6.45) is 2.95. The second kappa shape index (κ2) is 13.5. The molecule has 6 rings (SSSR count). The number of carbonyl (C=O) groups is 1. The second-order valence-electron chi connectivity index (χ2n) is 10.6. The average Bonchev–Trinajstić information content (AvgIpc) is 3.64. The first-order valence-electron chi connectivity index (χ1n) is 14.0. The largest absolute Gasteiger partial charge is 0.493 e. The van der Waals surface area contributed by atoms with Gasteiger partial charge in [-0.25, -0.2) is 0 Å². The molecule has 0 saturated carbocycles. The summed E-state index contributed by atoms with van der Waals surface area (Å²) in [7, 11) is 0. The van der Waals surface area contributed by atoms with Gasteiger partial charge in [-0.15, -0.1) is 0 Å². The first-order chi connectivity index (χ1) is 19.1. The zero-order valence-electron chi connectivity index (χ0n) is 22.8. The van der Waals surface area contributed by atoms with Crippen molar-refractivity contribution < 1.29 is 9.53 Å². The van der Waals surface area contributed by atoms with Gasteiger partial charge in [0, 0.05) is 19.5 Å². The highest BCUT2D eigenvalue weighted by molar-refractivity contribution is 5.91. The van der Waals surface area contributed by atoms with Crippen LogP contribution in [0.1, 0.15) is 41.7 Å². The van der Waals surface area contributed by atoms with Crippen LogP contribution in [0.4, 0.5) is 0 Å². The molecule has 4 nitrogen and oxygen atoms in total. The maximum atomic E-state index is 13.2. The van der Waals surface area contributed by atoms with Gasteiger partial charge < -0.3 is 15.4 Å². The van der Waals surface area contributed by atoms with Gasteiger partial charge in [-0.1, -0.05) is 116 Å². The van der Waals surface area contributed by atoms with Crippen LogP contribution in [-0.2, 0) is 23.1 Å². The predicted molar refractivity (Wildman–Crippen MR) is 165 cm³/mol. The highest BCUT2D eigenvalue weighted by Crippen LogP contribution is 2.43. The normalized spacial score (nSPS) is 16.2. The number of nitrogens with zero attached hydrogens (tertiary/aromatic N) is 1. The Hall–Kier alpha value is -3.89. The van der Waals surface area contributed by atoms with Crippen molar-refractivity contribution in [2.45, 2.75) is 39.0 Å². The van der Waals surface area contributed by atoms with E-state index in [1.54, 1.807) is 0 Å². The van der Waals surface area contributed by atoms with Gasteiger partial charge in [0.05, 0.1) is 6.61 Å². The van der Waals surface area contributed by atoms with Crippen LogP contribution in [0, 0.1) is 12.8 Å². The van der Waals surface area contributed by atoms with Gasteiger partial charge in [-0.2, -0.15) is 0 Å². The van der Waals surface area contributed by atoms with Crippen LogP contribution in [-0.4, -0.2) is 37.0 Å². The number of amides is 1. The van der Waals surface area contributed by atoms with E-state index >= 15 is 0 Å². The molecule has 40 heavy (non-hydrogen) atoms. The first kappa shape index (κ1) is 29.1.